The van der Waals surface area contributed by atoms with Gasteiger partial charge < -0.3 is 14.2 Å². The summed E-state index contributed by atoms with van der Waals surface area (Å²) in [4.78, 5) is 0. The number of ether oxygens (including phenoxy) is 3. The molecule has 3 nitrogen and oxygen atoms in total. The second kappa shape index (κ2) is 12.6. The van der Waals surface area contributed by atoms with Crippen LogP contribution >= 0.6 is 0 Å². The van der Waals surface area contributed by atoms with Crippen LogP contribution < -0.4 is 14.2 Å². The Morgan fingerprint density at radius 1 is 0.375 bits per heavy atom. The third-order valence-electron chi connectivity index (χ3n) is 2.94. The van der Waals surface area contributed by atoms with Crippen molar-refractivity contribution in [3.05, 3.63) is 91.0 Å². The molecule has 0 aliphatic rings. The quantitative estimate of drug-likeness (QED) is 0.672. The Kier molecular flexibility index (Phi) is 10.0. The van der Waals surface area contributed by atoms with Gasteiger partial charge in [0.25, 0.3) is 0 Å². The van der Waals surface area contributed by atoms with Crippen LogP contribution in [-0.2, 0) is 0 Å². The molecular weight excluding hydrogens is 300 g/mol. The van der Waals surface area contributed by atoms with Gasteiger partial charge in [0.15, 0.2) is 0 Å². The van der Waals surface area contributed by atoms with Crippen LogP contribution in [0.2, 0.25) is 0 Å². The number of para-hydroxylation sites is 3. The van der Waals surface area contributed by atoms with Crippen LogP contribution in [0.1, 0.15) is 0 Å². The number of rotatable bonds is 3. The van der Waals surface area contributed by atoms with Gasteiger partial charge in [-0.05, 0) is 36.4 Å². The zero-order valence-electron chi connectivity index (χ0n) is 14.4. The Hall–Kier alpha value is -2.94. The lowest BCUT2D eigenvalue weighted by Gasteiger charge is -1.93. The molecule has 3 heteroatoms. The SMILES string of the molecule is COc1ccccc1.COc1ccccc1.COc1ccccc1. The Bertz CT molecular complexity index is 531. The second-order valence-corrected chi connectivity index (χ2v) is 4.55. The summed E-state index contributed by atoms with van der Waals surface area (Å²) in [5.74, 6) is 2.73. The first-order valence-corrected chi connectivity index (χ1v) is 7.57. The van der Waals surface area contributed by atoms with Crippen molar-refractivity contribution in [1.82, 2.24) is 0 Å². The van der Waals surface area contributed by atoms with E-state index in [0.29, 0.717) is 0 Å². The van der Waals surface area contributed by atoms with Crippen LogP contribution in [0.3, 0.4) is 0 Å². The molecule has 0 aliphatic carbocycles. The molecule has 0 amide bonds. The van der Waals surface area contributed by atoms with Gasteiger partial charge in [-0.15, -0.1) is 0 Å². The number of methoxy groups -OCH3 is 3. The van der Waals surface area contributed by atoms with Crippen LogP contribution in [0.15, 0.2) is 91.0 Å². The molecule has 3 aromatic rings. The highest BCUT2D eigenvalue weighted by molar-refractivity contribution is 5.21. The van der Waals surface area contributed by atoms with Crippen LogP contribution in [0.4, 0.5) is 0 Å². The predicted molar refractivity (Wildman–Crippen MR) is 99.0 cm³/mol. The number of hydrogen-bond donors (Lipinski definition) is 0. The summed E-state index contributed by atoms with van der Waals surface area (Å²) < 4.78 is 14.7. The van der Waals surface area contributed by atoms with Gasteiger partial charge in [-0.25, -0.2) is 0 Å². The minimum Gasteiger partial charge on any atom is -0.497 e. The molecule has 0 saturated heterocycles. The van der Waals surface area contributed by atoms with Crippen molar-refractivity contribution < 1.29 is 14.2 Å². The Morgan fingerprint density at radius 2 is 0.583 bits per heavy atom. The zero-order chi connectivity index (χ0) is 17.5. The van der Waals surface area contributed by atoms with Gasteiger partial charge in [0.1, 0.15) is 17.2 Å². The number of benzene rings is 3. The normalized spacial score (nSPS) is 8.62. The minimum atomic E-state index is 0.910. The highest BCUT2D eigenvalue weighted by Crippen LogP contribution is 2.06. The van der Waals surface area contributed by atoms with Crippen molar-refractivity contribution >= 4 is 0 Å². The van der Waals surface area contributed by atoms with E-state index in [1.54, 1.807) is 21.3 Å². The summed E-state index contributed by atoms with van der Waals surface area (Å²) in [6.45, 7) is 0. The van der Waals surface area contributed by atoms with Crippen LogP contribution in [0.5, 0.6) is 17.2 Å². The lowest BCUT2D eigenvalue weighted by atomic mass is 10.3. The van der Waals surface area contributed by atoms with E-state index in [2.05, 4.69) is 0 Å². The molecule has 3 rings (SSSR count). The fourth-order valence-corrected chi connectivity index (χ4v) is 1.67. The van der Waals surface area contributed by atoms with Crippen molar-refractivity contribution in [1.29, 1.82) is 0 Å². The molecule has 0 bridgehead atoms. The highest BCUT2D eigenvalue weighted by Gasteiger charge is 1.81. The number of hydrogen-bond acceptors (Lipinski definition) is 3. The molecule has 3 aromatic carbocycles. The van der Waals surface area contributed by atoms with Crippen LogP contribution in [-0.4, -0.2) is 21.3 Å². The van der Waals surface area contributed by atoms with Crippen molar-refractivity contribution in [3.8, 4) is 17.2 Å². The van der Waals surface area contributed by atoms with Gasteiger partial charge in [-0.1, -0.05) is 54.6 Å². The third-order valence-corrected chi connectivity index (χ3v) is 2.94. The van der Waals surface area contributed by atoms with Gasteiger partial charge in [0.2, 0.25) is 0 Å². The molecule has 0 radical (unpaired) electrons. The summed E-state index contributed by atoms with van der Waals surface area (Å²) >= 11 is 0. The average molecular weight is 324 g/mol. The van der Waals surface area contributed by atoms with Gasteiger partial charge in [0, 0.05) is 0 Å². The first kappa shape index (κ1) is 19.1. The molecule has 0 heterocycles. The largest absolute Gasteiger partial charge is 0.497 e. The first-order chi connectivity index (χ1) is 11.8. The molecule has 24 heavy (non-hydrogen) atoms. The molecule has 0 aromatic heterocycles. The van der Waals surface area contributed by atoms with E-state index in [9.17, 15) is 0 Å². The van der Waals surface area contributed by atoms with Crippen molar-refractivity contribution in [2.24, 2.45) is 0 Å². The van der Waals surface area contributed by atoms with E-state index in [0.717, 1.165) is 17.2 Å². The molecule has 0 fully saturated rings. The summed E-state index contributed by atoms with van der Waals surface area (Å²) in [7, 11) is 4.99. The van der Waals surface area contributed by atoms with E-state index >= 15 is 0 Å². The van der Waals surface area contributed by atoms with Gasteiger partial charge >= 0.3 is 0 Å². The maximum absolute atomic E-state index is 4.91. The lowest BCUT2D eigenvalue weighted by molar-refractivity contribution is 0.414. The lowest BCUT2D eigenvalue weighted by Crippen LogP contribution is -1.78. The summed E-state index contributed by atoms with van der Waals surface area (Å²) in [5, 5.41) is 0. The summed E-state index contributed by atoms with van der Waals surface area (Å²) in [5.41, 5.74) is 0. The van der Waals surface area contributed by atoms with Gasteiger partial charge in [-0.2, -0.15) is 0 Å². The molecule has 0 unspecified atom stereocenters. The monoisotopic (exact) mass is 324 g/mol. The minimum absolute atomic E-state index is 0.910. The summed E-state index contributed by atoms with van der Waals surface area (Å²) in [6, 6.07) is 29.0. The molecule has 0 saturated carbocycles. The summed E-state index contributed by atoms with van der Waals surface area (Å²) in [6.07, 6.45) is 0. The predicted octanol–water partition coefficient (Wildman–Crippen LogP) is 5.09. The van der Waals surface area contributed by atoms with Crippen molar-refractivity contribution in [2.75, 3.05) is 21.3 Å². The van der Waals surface area contributed by atoms with Crippen LogP contribution in [0.25, 0.3) is 0 Å². The zero-order valence-corrected chi connectivity index (χ0v) is 14.4. The fraction of sp³-hybridized carbons (Fsp3) is 0.143. The molecule has 0 atom stereocenters. The standard InChI is InChI=1S/3C7H8O/c3*1-8-7-5-3-2-4-6-7/h3*2-6H,1H3. The smallest absolute Gasteiger partial charge is 0.118 e. The maximum Gasteiger partial charge on any atom is 0.118 e. The van der Waals surface area contributed by atoms with Crippen molar-refractivity contribution in [2.45, 2.75) is 0 Å². The highest BCUT2D eigenvalue weighted by atomic mass is 16.5. The molecule has 126 valence electrons. The molecule has 0 spiro atoms. The Morgan fingerprint density at radius 3 is 0.708 bits per heavy atom. The topological polar surface area (TPSA) is 27.7 Å². The molecule has 0 N–H and O–H groups in total. The van der Waals surface area contributed by atoms with E-state index in [4.69, 9.17) is 14.2 Å². The Labute approximate surface area is 144 Å². The van der Waals surface area contributed by atoms with E-state index in [1.165, 1.54) is 0 Å². The van der Waals surface area contributed by atoms with Crippen molar-refractivity contribution in [3.63, 3.8) is 0 Å². The third kappa shape index (κ3) is 8.49. The van der Waals surface area contributed by atoms with E-state index in [1.807, 2.05) is 91.0 Å². The first-order valence-electron chi connectivity index (χ1n) is 7.57. The van der Waals surface area contributed by atoms with Crippen LogP contribution in [0, 0.1) is 0 Å². The molecular formula is C21H24O3. The van der Waals surface area contributed by atoms with E-state index in [-0.39, 0.29) is 0 Å². The second-order valence-electron chi connectivity index (χ2n) is 4.55. The fourth-order valence-electron chi connectivity index (χ4n) is 1.67. The van der Waals surface area contributed by atoms with E-state index < -0.39 is 0 Å². The van der Waals surface area contributed by atoms with Gasteiger partial charge in [0.05, 0.1) is 21.3 Å². The van der Waals surface area contributed by atoms with Gasteiger partial charge in [-0.3, -0.25) is 0 Å². The molecule has 0 aliphatic heterocycles. The maximum atomic E-state index is 4.91. The Balaban J connectivity index is 0.000000180. The average Bonchev–Trinajstić information content (AvgIpc) is 2.71.